The van der Waals surface area contributed by atoms with E-state index in [1.807, 2.05) is 96.1 Å². The number of benzene rings is 2. The van der Waals surface area contributed by atoms with Crippen LogP contribution in [0.15, 0.2) is 54.6 Å². The van der Waals surface area contributed by atoms with E-state index < -0.39 is 29.3 Å². The third-order valence-corrected chi connectivity index (χ3v) is 6.17. The van der Waals surface area contributed by atoms with Gasteiger partial charge in [0, 0.05) is 25.0 Å². The Labute approximate surface area is 221 Å². The van der Waals surface area contributed by atoms with Crippen LogP contribution >= 0.6 is 0 Å². The first kappa shape index (κ1) is 28.5. The maximum absolute atomic E-state index is 13.6. The van der Waals surface area contributed by atoms with Gasteiger partial charge in [0.25, 0.3) is 0 Å². The summed E-state index contributed by atoms with van der Waals surface area (Å²) in [5.74, 6) is -0.142. The molecule has 3 atom stereocenters. The molecule has 0 aliphatic carbocycles. The molecule has 0 unspecified atom stereocenters. The van der Waals surface area contributed by atoms with E-state index in [1.165, 1.54) is 4.90 Å². The monoisotopic (exact) mass is 511 g/mol. The van der Waals surface area contributed by atoms with Gasteiger partial charge in [-0.15, -0.1) is 0 Å². The number of nitrogens with zero attached hydrogens (tertiary/aromatic N) is 1. The SMILES string of the molecule is COc1ccccc1[C@H]1CN(C(=O)OC(C)(C)C)[C@H](C(=O)OC(C)(C)C)[C@H]1CCOCc1ccccc1. The second-order valence-corrected chi connectivity index (χ2v) is 11.5. The largest absolute Gasteiger partial charge is 0.496 e. The van der Waals surface area contributed by atoms with E-state index in [2.05, 4.69) is 0 Å². The van der Waals surface area contributed by atoms with Crippen LogP contribution in [0.25, 0.3) is 0 Å². The normalized spacial score (nSPS) is 20.0. The first-order chi connectivity index (χ1) is 17.4. The lowest BCUT2D eigenvalue weighted by Gasteiger charge is -2.31. The van der Waals surface area contributed by atoms with Gasteiger partial charge in [0.1, 0.15) is 23.0 Å². The predicted molar refractivity (Wildman–Crippen MR) is 143 cm³/mol. The van der Waals surface area contributed by atoms with Gasteiger partial charge >= 0.3 is 12.1 Å². The molecule has 7 nitrogen and oxygen atoms in total. The van der Waals surface area contributed by atoms with Crippen LogP contribution in [0, 0.1) is 5.92 Å². The van der Waals surface area contributed by atoms with Crippen molar-refractivity contribution in [3.8, 4) is 5.75 Å². The van der Waals surface area contributed by atoms with Crippen molar-refractivity contribution in [3.05, 3.63) is 65.7 Å². The number of rotatable bonds is 8. The second-order valence-electron chi connectivity index (χ2n) is 11.5. The van der Waals surface area contributed by atoms with Crippen molar-refractivity contribution in [2.45, 2.75) is 77.7 Å². The molecule has 1 aliphatic rings. The van der Waals surface area contributed by atoms with Gasteiger partial charge in [-0.25, -0.2) is 9.59 Å². The standard InChI is InChI=1S/C30H41NO6/c1-29(2,3)36-27(32)26-23(17-18-35-20-21-13-9-8-10-14-21)24(22-15-11-12-16-25(22)34-7)19-31(26)28(33)37-30(4,5)6/h8-16,23-24,26H,17-20H2,1-7H3/t23-,24+,26-/m0/s1. The number of carbonyl (C=O) groups excluding carboxylic acids is 2. The molecule has 202 valence electrons. The predicted octanol–water partition coefficient (Wildman–Crippen LogP) is 5.96. The molecule has 0 N–H and O–H groups in total. The zero-order valence-electron chi connectivity index (χ0n) is 23.2. The van der Waals surface area contributed by atoms with Crippen LogP contribution in [0.1, 0.15) is 65.0 Å². The van der Waals surface area contributed by atoms with Crippen molar-refractivity contribution in [2.24, 2.45) is 5.92 Å². The summed E-state index contributed by atoms with van der Waals surface area (Å²) in [5, 5.41) is 0. The van der Waals surface area contributed by atoms with Gasteiger partial charge in [-0.05, 0) is 65.2 Å². The minimum atomic E-state index is -0.815. The molecular formula is C30H41NO6. The van der Waals surface area contributed by atoms with Crippen molar-refractivity contribution < 1.29 is 28.5 Å². The lowest BCUT2D eigenvalue weighted by atomic mass is 9.82. The topological polar surface area (TPSA) is 74.3 Å². The number of hydrogen-bond acceptors (Lipinski definition) is 6. The third kappa shape index (κ3) is 7.96. The fraction of sp³-hybridized carbons (Fsp3) is 0.533. The van der Waals surface area contributed by atoms with Gasteiger partial charge in [-0.1, -0.05) is 48.5 Å². The van der Waals surface area contributed by atoms with Gasteiger partial charge in [0.15, 0.2) is 0 Å². The highest BCUT2D eigenvalue weighted by molar-refractivity contribution is 5.83. The summed E-state index contributed by atoms with van der Waals surface area (Å²) in [7, 11) is 1.63. The lowest BCUT2D eigenvalue weighted by Crippen LogP contribution is -2.48. The maximum atomic E-state index is 13.6. The summed E-state index contributed by atoms with van der Waals surface area (Å²) in [6, 6.07) is 16.9. The van der Waals surface area contributed by atoms with E-state index in [1.54, 1.807) is 7.11 Å². The van der Waals surface area contributed by atoms with Crippen LogP contribution in [0.3, 0.4) is 0 Å². The van der Waals surface area contributed by atoms with Crippen LogP contribution in [-0.4, -0.2) is 54.5 Å². The van der Waals surface area contributed by atoms with Crippen LogP contribution in [0.5, 0.6) is 5.75 Å². The Morgan fingerprint density at radius 1 is 0.892 bits per heavy atom. The highest BCUT2D eigenvalue weighted by Gasteiger charge is 2.51. The fourth-order valence-corrected chi connectivity index (χ4v) is 4.73. The van der Waals surface area contributed by atoms with Gasteiger partial charge in [0.05, 0.1) is 13.7 Å². The average Bonchev–Trinajstić information content (AvgIpc) is 3.20. The van der Waals surface area contributed by atoms with Crippen molar-refractivity contribution in [3.63, 3.8) is 0 Å². The van der Waals surface area contributed by atoms with E-state index in [9.17, 15) is 9.59 Å². The van der Waals surface area contributed by atoms with Gasteiger partial charge < -0.3 is 18.9 Å². The first-order valence-electron chi connectivity index (χ1n) is 12.9. The van der Waals surface area contributed by atoms with Crippen LogP contribution < -0.4 is 4.74 Å². The molecule has 2 aromatic rings. The van der Waals surface area contributed by atoms with E-state index in [-0.39, 0.29) is 11.8 Å². The molecule has 1 saturated heterocycles. The van der Waals surface area contributed by atoms with E-state index in [0.29, 0.717) is 26.2 Å². The summed E-state index contributed by atoms with van der Waals surface area (Å²) >= 11 is 0. The molecule has 0 bridgehead atoms. The van der Waals surface area contributed by atoms with Crippen molar-refractivity contribution in [2.75, 3.05) is 20.3 Å². The minimum Gasteiger partial charge on any atom is -0.496 e. The highest BCUT2D eigenvalue weighted by Crippen LogP contribution is 2.44. The highest BCUT2D eigenvalue weighted by atomic mass is 16.6. The summed E-state index contributed by atoms with van der Waals surface area (Å²) < 4.78 is 23.2. The first-order valence-corrected chi connectivity index (χ1v) is 12.9. The molecule has 0 spiro atoms. The summed E-state index contributed by atoms with van der Waals surface area (Å²) in [5.41, 5.74) is 0.617. The maximum Gasteiger partial charge on any atom is 0.411 e. The number of amides is 1. The van der Waals surface area contributed by atoms with Crippen LogP contribution in [0.2, 0.25) is 0 Å². The summed E-state index contributed by atoms with van der Waals surface area (Å²) in [6.45, 7) is 12.1. The average molecular weight is 512 g/mol. The Balaban J connectivity index is 1.93. The zero-order chi connectivity index (χ0) is 27.2. The van der Waals surface area contributed by atoms with Gasteiger partial charge in [0.2, 0.25) is 0 Å². The quantitative estimate of drug-likeness (QED) is 0.321. The molecular weight excluding hydrogens is 470 g/mol. The molecule has 0 aromatic heterocycles. The number of esters is 1. The smallest absolute Gasteiger partial charge is 0.411 e. The number of para-hydroxylation sites is 1. The zero-order valence-corrected chi connectivity index (χ0v) is 23.2. The number of likely N-dealkylation sites (tertiary alicyclic amines) is 1. The Bertz CT molecular complexity index is 1040. The molecule has 1 heterocycles. The third-order valence-electron chi connectivity index (χ3n) is 6.17. The molecule has 1 fully saturated rings. The van der Waals surface area contributed by atoms with Crippen molar-refractivity contribution >= 4 is 12.1 Å². The molecule has 7 heteroatoms. The van der Waals surface area contributed by atoms with Crippen molar-refractivity contribution in [1.29, 1.82) is 0 Å². The van der Waals surface area contributed by atoms with E-state index >= 15 is 0 Å². The van der Waals surface area contributed by atoms with E-state index in [4.69, 9.17) is 18.9 Å². The molecule has 37 heavy (non-hydrogen) atoms. The molecule has 0 radical (unpaired) electrons. The van der Waals surface area contributed by atoms with Gasteiger partial charge in [-0.3, -0.25) is 4.90 Å². The molecule has 2 aromatic carbocycles. The van der Waals surface area contributed by atoms with Crippen molar-refractivity contribution in [1.82, 2.24) is 4.90 Å². The Hall–Kier alpha value is -3.06. The van der Waals surface area contributed by atoms with Crippen LogP contribution in [-0.2, 0) is 25.6 Å². The number of hydrogen-bond donors (Lipinski definition) is 0. The van der Waals surface area contributed by atoms with E-state index in [0.717, 1.165) is 16.9 Å². The molecule has 3 rings (SSSR count). The Morgan fingerprint density at radius 2 is 1.51 bits per heavy atom. The second kappa shape index (κ2) is 12.0. The molecule has 0 saturated carbocycles. The van der Waals surface area contributed by atoms with Gasteiger partial charge in [-0.2, -0.15) is 0 Å². The fourth-order valence-electron chi connectivity index (χ4n) is 4.73. The summed E-state index contributed by atoms with van der Waals surface area (Å²) in [4.78, 5) is 28.5. The Morgan fingerprint density at radius 3 is 2.14 bits per heavy atom. The van der Waals surface area contributed by atoms with Crippen LogP contribution in [0.4, 0.5) is 4.79 Å². The number of carbonyl (C=O) groups is 2. The Kier molecular flexibility index (Phi) is 9.24. The molecule has 1 aliphatic heterocycles. The lowest BCUT2D eigenvalue weighted by molar-refractivity contribution is -0.161. The number of ether oxygens (including phenoxy) is 4. The minimum absolute atomic E-state index is 0.165. The molecule has 1 amide bonds. The summed E-state index contributed by atoms with van der Waals surface area (Å²) in [6.07, 6.45) is 0.0228. The number of methoxy groups -OCH3 is 1.